The van der Waals surface area contributed by atoms with Crippen LogP contribution in [0, 0.1) is 11.8 Å². The molecule has 6 rings (SSSR count). The molecule has 0 amide bonds. The molecule has 0 spiro atoms. The molecule has 1 aromatic rings. The summed E-state index contributed by atoms with van der Waals surface area (Å²) in [7, 11) is 0. The quantitative estimate of drug-likeness (QED) is 0.0693. The van der Waals surface area contributed by atoms with Crippen LogP contribution in [0.5, 0.6) is 0 Å². The molecule has 16 nitrogen and oxygen atoms in total. The number of hydrogen-bond acceptors (Lipinski definition) is 16. The molecule has 1 saturated carbocycles. The van der Waals surface area contributed by atoms with E-state index in [0.717, 1.165) is 5.56 Å². The van der Waals surface area contributed by atoms with Crippen molar-refractivity contribution in [3.63, 3.8) is 0 Å². The third-order valence-electron chi connectivity index (χ3n) is 9.16. The maximum absolute atomic E-state index is 12.3. The smallest absolute Gasteiger partial charge is 0.330 e. The zero-order valence-corrected chi connectivity index (χ0v) is 24.3. The van der Waals surface area contributed by atoms with Crippen molar-refractivity contribution < 1.29 is 78.8 Å². The highest BCUT2D eigenvalue weighted by Gasteiger charge is 2.77. The standard InChI is InChI=1S/C30H38O16/c31-10-15-19(34)21(36)23(38)28(42-15)44-25-14-8-9-40-27(18(14)30(12-32)26(25)46-30)45-29-24(39)22(37)20(35)16(43-29)11-41-17(33)7-6-13-4-2-1-3-5-13/h1-9,14-16,18-29,31-32,34-39H,10-12H2/b7-6+/t14-,15-,16-,18-,19+,20-,21+,22+,23-,24-,25+,26+,27+,28-,29+,30-/m1/s1. The molecule has 46 heavy (non-hydrogen) atoms. The van der Waals surface area contributed by atoms with Crippen molar-refractivity contribution in [3.8, 4) is 0 Å². The predicted molar refractivity (Wildman–Crippen MR) is 149 cm³/mol. The lowest BCUT2D eigenvalue weighted by Crippen LogP contribution is -2.61. The molecule has 0 bridgehead atoms. The van der Waals surface area contributed by atoms with Crippen LogP contribution < -0.4 is 0 Å². The molecule has 4 aliphatic heterocycles. The molecule has 0 radical (unpaired) electrons. The first-order chi connectivity index (χ1) is 22.1. The van der Waals surface area contributed by atoms with Gasteiger partial charge in [0, 0.05) is 12.0 Å². The summed E-state index contributed by atoms with van der Waals surface area (Å²) in [5, 5.41) is 82.5. The summed E-state index contributed by atoms with van der Waals surface area (Å²) in [5.41, 5.74) is -0.494. The van der Waals surface area contributed by atoms with Gasteiger partial charge in [0.15, 0.2) is 12.6 Å². The van der Waals surface area contributed by atoms with E-state index in [0.29, 0.717) is 0 Å². The largest absolute Gasteiger partial charge is 0.472 e. The second-order valence-electron chi connectivity index (χ2n) is 11.9. The van der Waals surface area contributed by atoms with E-state index in [4.69, 9.17) is 33.2 Å². The molecular formula is C30H38O16. The maximum Gasteiger partial charge on any atom is 0.330 e. The first-order valence-electron chi connectivity index (χ1n) is 14.9. The van der Waals surface area contributed by atoms with E-state index in [1.54, 1.807) is 30.3 Å². The number of rotatable bonds is 10. The van der Waals surface area contributed by atoms with Crippen LogP contribution >= 0.6 is 0 Å². The molecule has 1 aliphatic carbocycles. The second kappa shape index (κ2) is 13.5. The zero-order valence-electron chi connectivity index (χ0n) is 24.3. The van der Waals surface area contributed by atoms with E-state index in [2.05, 4.69) is 0 Å². The van der Waals surface area contributed by atoms with Gasteiger partial charge in [-0.3, -0.25) is 0 Å². The predicted octanol–water partition coefficient (Wildman–Crippen LogP) is -3.50. The number of aliphatic hydroxyl groups is 8. The summed E-state index contributed by atoms with van der Waals surface area (Å²) >= 11 is 0. The third kappa shape index (κ3) is 6.10. The Morgan fingerprint density at radius 3 is 2.15 bits per heavy atom. The number of epoxide rings is 1. The Balaban J connectivity index is 1.12. The number of carbonyl (C=O) groups is 1. The van der Waals surface area contributed by atoms with E-state index in [1.807, 2.05) is 6.07 Å². The van der Waals surface area contributed by atoms with Crippen LogP contribution in [-0.2, 0) is 38.0 Å². The average molecular weight is 655 g/mol. The molecule has 0 aromatic heterocycles. The fraction of sp³-hybridized carbons (Fsp3) is 0.633. The van der Waals surface area contributed by atoms with Gasteiger partial charge in [0.25, 0.3) is 0 Å². The molecule has 4 heterocycles. The molecule has 3 saturated heterocycles. The number of esters is 1. The van der Waals surface area contributed by atoms with Crippen LogP contribution in [0.2, 0.25) is 0 Å². The monoisotopic (exact) mass is 654 g/mol. The molecule has 254 valence electrons. The Bertz CT molecular complexity index is 1260. The maximum atomic E-state index is 12.3. The lowest BCUT2D eigenvalue weighted by molar-refractivity contribution is -0.347. The number of carbonyl (C=O) groups excluding carboxylic acids is 1. The van der Waals surface area contributed by atoms with Crippen LogP contribution in [-0.4, -0.2) is 152 Å². The van der Waals surface area contributed by atoms with Crippen molar-refractivity contribution in [3.05, 3.63) is 54.3 Å². The molecule has 0 unspecified atom stereocenters. The van der Waals surface area contributed by atoms with E-state index >= 15 is 0 Å². The Kier molecular flexibility index (Phi) is 9.80. The summed E-state index contributed by atoms with van der Waals surface area (Å²) in [4.78, 5) is 12.3. The molecular weight excluding hydrogens is 616 g/mol. The minimum atomic E-state index is -1.75. The van der Waals surface area contributed by atoms with Gasteiger partial charge >= 0.3 is 5.97 Å². The molecule has 16 heteroatoms. The number of ether oxygens (including phenoxy) is 7. The molecule has 16 atom stereocenters. The van der Waals surface area contributed by atoms with Gasteiger partial charge in [-0.05, 0) is 17.7 Å². The lowest BCUT2D eigenvalue weighted by Gasteiger charge is -2.44. The van der Waals surface area contributed by atoms with E-state index in [-0.39, 0.29) is 0 Å². The summed E-state index contributed by atoms with van der Waals surface area (Å²) in [6, 6.07) is 9.00. The van der Waals surface area contributed by atoms with Gasteiger partial charge < -0.3 is 74.0 Å². The Morgan fingerprint density at radius 2 is 1.48 bits per heavy atom. The Morgan fingerprint density at radius 1 is 0.826 bits per heavy atom. The van der Waals surface area contributed by atoms with Crippen molar-refractivity contribution >= 4 is 12.0 Å². The van der Waals surface area contributed by atoms with Gasteiger partial charge in [-0.25, -0.2) is 4.79 Å². The van der Waals surface area contributed by atoms with Gasteiger partial charge in [-0.2, -0.15) is 0 Å². The molecule has 4 fully saturated rings. The van der Waals surface area contributed by atoms with Gasteiger partial charge in [0.05, 0.1) is 31.5 Å². The number of aliphatic hydroxyl groups excluding tert-OH is 8. The van der Waals surface area contributed by atoms with Crippen molar-refractivity contribution in [2.45, 2.75) is 85.5 Å². The summed E-state index contributed by atoms with van der Waals surface area (Å²) < 4.78 is 39.9. The van der Waals surface area contributed by atoms with Gasteiger partial charge in [0.2, 0.25) is 6.29 Å². The fourth-order valence-electron chi connectivity index (χ4n) is 6.57. The lowest BCUT2D eigenvalue weighted by atomic mass is 9.85. The van der Waals surface area contributed by atoms with Crippen LogP contribution in [0.1, 0.15) is 5.56 Å². The minimum Gasteiger partial charge on any atom is -0.472 e. The number of hydrogen-bond donors (Lipinski definition) is 8. The van der Waals surface area contributed by atoms with Crippen LogP contribution in [0.15, 0.2) is 48.7 Å². The number of fused-ring (bicyclic) bond motifs is 3. The minimum absolute atomic E-state index is 0.485. The van der Waals surface area contributed by atoms with Crippen molar-refractivity contribution in [1.82, 2.24) is 0 Å². The highest BCUT2D eigenvalue weighted by molar-refractivity contribution is 5.87. The average Bonchev–Trinajstić information content (AvgIpc) is 3.74. The third-order valence-corrected chi connectivity index (χ3v) is 9.16. The summed E-state index contributed by atoms with van der Waals surface area (Å²) in [5.74, 6) is -2.12. The highest BCUT2D eigenvalue weighted by atomic mass is 16.8. The fourth-order valence-corrected chi connectivity index (χ4v) is 6.57. The van der Waals surface area contributed by atoms with Gasteiger partial charge in [-0.15, -0.1) is 0 Å². The topological polar surface area (TPSA) is 247 Å². The van der Waals surface area contributed by atoms with Crippen molar-refractivity contribution in [2.24, 2.45) is 11.8 Å². The van der Waals surface area contributed by atoms with E-state index in [9.17, 15) is 45.6 Å². The first-order valence-corrected chi connectivity index (χ1v) is 14.9. The van der Waals surface area contributed by atoms with E-state index < -0.39 is 123 Å². The SMILES string of the molecule is O=C(/C=C/c1ccccc1)OC[C@H]1O[C@@H](O[C@@H]2OC=C[C@H]3[C@H](O[C@H]4O[C@H](CO)[C@H](O)[C@H](O)[C@H]4O)[C@@H]4O[C@]4(CO)[C@@H]23)[C@H](O)[C@@H](O)[C@@H]1O. The van der Waals surface area contributed by atoms with E-state index in [1.165, 1.54) is 18.4 Å². The second-order valence-corrected chi connectivity index (χ2v) is 11.9. The normalized spacial score (nSPS) is 46.4. The number of benzene rings is 1. The van der Waals surface area contributed by atoms with Crippen molar-refractivity contribution in [1.29, 1.82) is 0 Å². The van der Waals surface area contributed by atoms with Crippen LogP contribution in [0.25, 0.3) is 6.08 Å². The first kappa shape index (κ1) is 33.4. The van der Waals surface area contributed by atoms with Crippen LogP contribution in [0.4, 0.5) is 0 Å². The zero-order chi connectivity index (χ0) is 32.7. The Labute approximate surface area is 262 Å². The molecule has 5 aliphatic rings. The Hall–Kier alpha value is -2.55. The highest BCUT2D eigenvalue weighted by Crippen LogP contribution is 2.61. The molecule has 1 aromatic carbocycles. The van der Waals surface area contributed by atoms with Gasteiger partial charge in [-0.1, -0.05) is 30.3 Å². The van der Waals surface area contributed by atoms with Crippen molar-refractivity contribution in [2.75, 3.05) is 19.8 Å². The summed E-state index contributed by atoms with van der Waals surface area (Å²) in [6.45, 7) is -1.64. The molecule has 8 N–H and O–H groups in total. The van der Waals surface area contributed by atoms with Gasteiger partial charge in [0.1, 0.15) is 67.1 Å². The summed E-state index contributed by atoms with van der Waals surface area (Å²) in [6.07, 6.45) is -12.9. The van der Waals surface area contributed by atoms with Crippen LogP contribution in [0.3, 0.4) is 0 Å².